The second kappa shape index (κ2) is 7.67. The van der Waals surface area contributed by atoms with E-state index in [1.165, 1.54) is 0 Å². The Balaban J connectivity index is 2.73. The average Bonchev–Trinajstić information content (AvgIpc) is 2.38. The highest BCUT2D eigenvalue weighted by Gasteiger charge is 2.14. The van der Waals surface area contributed by atoms with E-state index in [1.807, 2.05) is 36.1 Å². The molecule has 4 heteroatoms. The van der Waals surface area contributed by atoms with Crippen LogP contribution in [-0.4, -0.2) is 25.0 Å². The van der Waals surface area contributed by atoms with Gasteiger partial charge in [-0.2, -0.15) is 0 Å². The van der Waals surface area contributed by atoms with E-state index >= 15 is 0 Å². The number of para-hydroxylation sites is 2. The van der Waals surface area contributed by atoms with Crippen molar-refractivity contribution in [3.8, 4) is 0 Å². The van der Waals surface area contributed by atoms with Crippen molar-refractivity contribution in [2.24, 2.45) is 0 Å². The summed E-state index contributed by atoms with van der Waals surface area (Å²) in [5.74, 6) is 0.0473. The molecule has 3 N–H and O–H groups in total. The number of anilines is 2. The van der Waals surface area contributed by atoms with E-state index in [0.29, 0.717) is 12.2 Å². The molecule has 0 aliphatic heterocycles. The molecule has 1 aromatic rings. The van der Waals surface area contributed by atoms with Crippen LogP contribution < -0.4 is 16.0 Å². The first-order valence-corrected chi connectivity index (χ1v) is 6.97. The minimum atomic E-state index is 0.0473. The first-order chi connectivity index (χ1) is 9.08. The topological polar surface area (TPSA) is 58.4 Å². The molecule has 106 valence electrons. The van der Waals surface area contributed by atoms with Gasteiger partial charge in [-0.05, 0) is 31.9 Å². The largest absolute Gasteiger partial charge is 0.397 e. The Morgan fingerprint density at radius 3 is 2.63 bits per heavy atom. The fraction of sp³-hybridized carbons (Fsp3) is 0.533. The number of nitrogens with two attached hydrogens (primary N) is 1. The molecule has 1 rings (SSSR count). The van der Waals surface area contributed by atoms with Gasteiger partial charge in [0.15, 0.2) is 0 Å². The van der Waals surface area contributed by atoms with Gasteiger partial charge in [-0.25, -0.2) is 0 Å². The van der Waals surface area contributed by atoms with Crippen LogP contribution in [0.15, 0.2) is 24.3 Å². The van der Waals surface area contributed by atoms with E-state index in [0.717, 1.165) is 25.1 Å². The van der Waals surface area contributed by atoms with Crippen LogP contribution in [0.2, 0.25) is 0 Å². The Kier molecular flexibility index (Phi) is 6.19. The Bertz CT molecular complexity index is 406. The quantitative estimate of drug-likeness (QED) is 0.743. The molecule has 0 spiro atoms. The SMILES string of the molecule is CCCN(CC(=O)NC(C)CC)c1ccccc1N. The normalized spacial score (nSPS) is 11.9. The van der Waals surface area contributed by atoms with Crippen LogP contribution in [0, 0.1) is 0 Å². The number of benzene rings is 1. The Labute approximate surface area is 116 Å². The molecular formula is C15H25N3O. The number of hydrogen-bond donors (Lipinski definition) is 2. The van der Waals surface area contributed by atoms with Crippen molar-refractivity contribution in [1.29, 1.82) is 0 Å². The lowest BCUT2D eigenvalue weighted by Crippen LogP contribution is -2.41. The van der Waals surface area contributed by atoms with E-state index in [2.05, 4.69) is 19.2 Å². The summed E-state index contributed by atoms with van der Waals surface area (Å²) >= 11 is 0. The number of hydrogen-bond acceptors (Lipinski definition) is 3. The van der Waals surface area contributed by atoms with Crippen LogP contribution in [0.1, 0.15) is 33.6 Å². The van der Waals surface area contributed by atoms with Crippen molar-refractivity contribution >= 4 is 17.3 Å². The number of carbonyl (C=O) groups excluding carboxylic acids is 1. The number of amides is 1. The van der Waals surface area contributed by atoms with Crippen LogP contribution in [-0.2, 0) is 4.79 Å². The standard InChI is InChI=1S/C15H25N3O/c1-4-10-18(11-15(19)17-12(3)5-2)14-9-7-6-8-13(14)16/h6-9,12H,4-5,10-11,16H2,1-3H3,(H,17,19). The van der Waals surface area contributed by atoms with E-state index in [4.69, 9.17) is 5.73 Å². The predicted octanol–water partition coefficient (Wildman–Crippen LogP) is 2.40. The average molecular weight is 263 g/mol. The predicted molar refractivity (Wildman–Crippen MR) is 81.3 cm³/mol. The maximum atomic E-state index is 12.0. The molecule has 0 fully saturated rings. The molecular weight excluding hydrogens is 238 g/mol. The molecule has 0 aromatic heterocycles. The Hall–Kier alpha value is -1.71. The lowest BCUT2D eigenvalue weighted by Gasteiger charge is -2.25. The minimum absolute atomic E-state index is 0.0473. The zero-order chi connectivity index (χ0) is 14.3. The van der Waals surface area contributed by atoms with E-state index in [-0.39, 0.29) is 11.9 Å². The molecule has 1 amide bonds. The van der Waals surface area contributed by atoms with Crippen molar-refractivity contribution in [1.82, 2.24) is 5.32 Å². The monoisotopic (exact) mass is 263 g/mol. The van der Waals surface area contributed by atoms with Crippen molar-refractivity contribution in [2.75, 3.05) is 23.7 Å². The summed E-state index contributed by atoms with van der Waals surface area (Å²) in [6.45, 7) is 7.34. The summed E-state index contributed by atoms with van der Waals surface area (Å²) in [5.41, 5.74) is 7.63. The highest BCUT2D eigenvalue weighted by atomic mass is 16.2. The molecule has 0 aliphatic rings. The van der Waals surface area contributed by atoms with Crippen LogP contribution in [0.3, 0.4) is 0 Å². The van der Waals surface area contributed by atoms with E-state index < -0.39 is 0 Å². The molecule has 1 aromatic carbocycles. The third-order valence-corrected chi connectivity index (χ3v) is 3.13. The lowest BCUT2D eigenvalue weighted by atomic mass is 10.2. The van der Waals surface area contributed by atoms with Gasteiger partial charge in [0.2, 0.25) is 5.91 Å². The van der Waals surface area contributed by atoms with Gasteiger partial charge in [0.1, 0.15) is 0 Å². The van der Waals surface area contributed by atoms with Crippen molar-refractivity contribution in [2.45, 2.75) is 39.7 Å². The second-order valence-electron chi connectivity index (χ2n) is 4.86. The molecule has 4 nitrogen and oxygen atoms in total. The molecule has 0 heterocycles. The number of nitrogen functional groups attached to an aromatic ring is 1. The summed E-state index contributed by atoms with van der Waals surface area (Å²) in [6, 6.07) is 7.89. The summed E-state index contributed by atoms with van der Waals surface area (Å²) in [4.78, 5) is 14.0. The summed E-state index contributed by atoms with van der Waals surface area (Å²) in [6.07, 6.45) is 1.91. The molecule has 19 heavy (non-hydrogen) atoms. The van der Waals surface area contributed by atoms with E-state index in [9.17, 15) is 4.79 Å². The molecule has 1 unspecified atom stereocenters. The number of rotatable bonds is 7. The zero-order valence-corrected chi connectivity index (χ0v) is 12.1. The number of nitrogens with zero attached hydrogens (tertiary/aromatic N) is 1. The summed E-state index contributed by atoms with van der Waals surface area (Å²) < 4.78 is 0. The minimum Gasteiger partial charge on any atom is -0.397 e. The maximum absolute atomic E-state index is 12.0. The number of carbonyl (C=O) groups is 1. The maximum Gasteiger partial charge on any atom is 0.239 e. The van der Waals surface area contributed by atoms with E-state index in [1.54, 1.807) is 0 Å². The molecule has 0 bridgehead atoms. The smallest absolute Gasteiger partial charge is 0.239 e. The van der Waals surface area contributed by atoms with Crippen molar-refractivity contribution in [3.63, 3.8) is 0 Å². The number of nitrogens with one attached hydrogen (secondary N) is 1. The van der Waals surface area contributed by atoms with Crippen LogP contribution in [0.4, 0.5) is 11.4 Å². The summed E-state index contributed by atoms with van der Waals surface area (Å²) in [5, 5.41) is 2.99. The van der Waals surface area contributed by atoms with Crippen LogP contribution in [0.5, 0.6) is 0 Å². The van der Waals surface area contributed by atoms with Gasteiger partial charge in [-0.1, -0.05) is 26.0 Å². The highest BCUT2D eigenvalue weighted by molar-refractivity contribution is 5.83. The van der Waals surface area contributed by atoms with Gasteiger partial charge in [0, 0.05) is 12.6 Å². The first kappa shape index (κ1) is 15.3. The van der Waals surface area contributed by atoms with Crippen LogP contribution in [0.25, 0.3) is 0 Å². The molecule has 1 atom stereocenters. The fourth-order valence-corrected chi connectivity index (χ4v) is 1.93. The lowest BCUT2D eigenvalue weighted by molar-refractivity contribution is -0.120. The second-order valence-corrected chi connectivity index (χ2v) is 4.86. The van der Waals surface area contributed by atoms with Gasteiger partial charge < -0.3 is 16.0 Å². The van der Waals surface area contributed by atoms with Crippen molar-refractivity contribution in [3.05, 3.63) is 24.3 Å². The molecule has 0 saturated carbocycles. The third kappa shape index (κ3) is 4.81. The van der Waals surface area contributed by atoms with Crippen molar-refractivity contribution < 1.29 is 4.79 Å². The Morgan fingerprint density at radius 2 is 2.05 bits per heavy atom. The summed E-state index contributed by atoms with van der Waals surface area (Å²) in [7, 11) is 0. The molecule has 0 aliphatic carbocycles. The third-order valence-electron chi connectivity index (χ3n) is 3.13. The molecule has 0 saturated heterocycles. The zero-order valence-electron chi connectivity index (χ0n) is 12.1. The van der Waals surface area contributed by atoms with Gasteiger partial charge in [-0.3, -0.25) is 4.79 Å². The van der Waals surface area contributed by atoms with Gasteiger partial charge in [0.05, 0.1) is 17.9 Å². The Morgan fingerprint density at radius 1 is 1.37 bits per heavy atom. The fourth-order valence-electron chi connectivity index (χ4n) is 1.93. The van der Waals surface area contributed by atoms with Gasteiger partial charge in [-0.15, -0.1) is 0 Å². The molecule has 0 radical (unpaired) electrons. The highest BCUT2D eigenvalue weighted by Crippen LogP contribution is 2.22. The van der Waals surface area contributed by atoms with Crippen LogP contribution >= 0.6 is 0 Å². The first-order valence-electron chi connectivity index (χ1n) is 6.97. The van der Waals surface area contributed by atoms with Gasteiger partial charge in [0.25, 0.3) is 0 Å². The van der Waals surface area contributed by atoms with Gasteiger partial charge >= 0.3 is 0 Å².